The Balaban J connectivity index is 1.72. The van der Waals surface area contributed by atoms with Crippen LogP contribution in [0.3, 0.4) is 0 Å². The second-order valence-corrected chi connectivity index (χ2v) is 9.14. The Bertz CT molecular complexity index is 536. The molecule has 0 bridgehead atoms. The van der Waals surface area contributed by atoms with Gasteiger partial charge in [-0.25, -0.2) is 0 Å². The molecule has 0 spiro atoms. The van der Waals surface area contributed by atoms with E-state index in [4.69, 9.17) is 0 Å². The average molecular weight is 302 g/mol. The molecule has 0 saturated heterocycles. The molecular formula is C20H30O2. The Labute approximate surface area is 134 Å². The average Bonchev–Trinajstić information content (AvgIpc) is 2.70. The summed E-state index contributed by atoms with van der Waals surface area (Å²) in [6.45, 7) is 7.01. The van der Waals surface area contributed by atoms with Crippen molar-refractivity contribution in [3.8, 4) is 0 Å². The summed E-state index contributed by atoms with van der Waals surface area (Å²) in [6.07, 6.45) is 9.53. The first kappa shape index (κ1) is 14.9. The van der Waals surface area contributed by atoms with E-state index in [1.165, 1.54) is 12.0 Å². The number of rotatable bonds is 0. The van der Waals surface area contributed by atoms with Crippen LogP contribution in [-0.2, 0) is 4.79 Å². The molecule has 0 aliphatic heterocycles. The van der Waals surface area contributed by atoms with E-state index in [1.54, 1.807) is 0 Å². The van der Waals surface area contributed by atoms with Crippen molar-refractivity contribution >= 4 is 5.78 Å². The van der Waals surface area contributed by atoms with Crippen LogP contribution in [0.1, 0.15) is 65.7 Å². The standard InChI is InChI=1S/C20H30O2/c1-12-10-17(22)20(3)9-7-16-15(18(12)20)5-4-13-11-14(21)6-8-19(13,16)2/h4,12,14-16,18,21H,5-11H2,1-3H3/t12-,14?,15?,16?,18?,19+,20-/m1/s1. The summed E-state index contributed by atoms with van der Waals surface area (Å²) < 4.78 is 0. The van der Waals surface area contributed by atoms with Gasteiger partial charge < -0.3 is 5.11 Å². The highest BCUT2D eigenvalue weighted by molar-refractivity contribution is 5.87. The van der Waals surface area contributed by atoms with Gasteiger partial charge in [-0.1, -0.05) is 32.4 Å². The molecule has 122 valence electrons. The van der Waals surface area contributed by atoms with Crippen LogP contribution in [0.15, 0.2) is 11.6 Å². The summed E-state index contributed by atoms with van der Waals surface area (Å²) in [4.78, 5) is 12.6. The highest BCUT2D eigenvalue weighted by Gasteiger charge is 2.60. The van der Waals surface area contributed by atoms with E-state index in [0.717, 1.165) is 44.4 Å². The van der Waals surface area contributed by atoms with Crippen molar-refractivity contribution < 1.29 is 9.90 Å². The number of ketones is 1. The van der Waals surface area contributed by atoms with Crippen LogP contribution in [-0.4, -0.2) is 17.0 Å². The molecule has 0 aromatic rings. The number of fused-ring (bicyclic) bond motifs is 5. The van der Waals surface area contributed by atoms with E-state index in [-0.39, 0.29) is 16.9 Å². The number of aliphatic hydroxyl groups excluding tert-OH is 1. The summed E-state index contributed by atoms with van der Waals surface area (Å²) in [6, 6.07) is 0. The van der Waals surface area contributed by atoms with Crippen LogP contribution in [0.4, 0.5) is 0 Å². The summed E-state index contributed by atoms with van der Waals surface area (Å²) in [5.74, 6) is 3.08. The molecule has 0 amide bonds. The highest BCUT2D eigenvalue weighted by Crippen LogP contribution is 2.65. The minimum atomic E-state index is -0.128. The summed E-state index contributed by atoms with van der Waals surface area (Å²) in [5, 5.41) is 10.0. The van der Waals surface area contributed by atoms with Crippen molar-refractivity contribution in [1.29, 1.82) is 0 Å². The minimum Gasteiger partial charge on any atom is -0.393 e. The Morgan fingerprint density at radius 2 is 1.86 bits per heavy atom. The second kappa shape index (κ2) is 4.69. The van der Waals surface area contributed by atoms with Crippen molar-refractivity contribution in [3.63, 3.8) is 0 Å². The smallest absolute Gasteiger partial charge is 0.139 e. The van der Waals surface area contributed by atoms with Crippen LogP contribution in [0.2, 0.25) is 0 Å². The molecule has 4 aliphatic carbocycles. The highest BCUT2D eigenvalue weighted by atomic mass is 16.3. The van der Waals surface area contributed by atoms with Crippen LogP contribution < -0.4 is 0 Å². The Hall–Kier alpha value is -0.630. The van der Waals surface area contributed by atoms with E-state index in [1.807, 2.05) is 0 Å². The maximum Gasteiger partial charge on any atom is 0.139 e. The summed E-state index contributed by atoms with van der Waals surface area (Å²) in [7, 11) is 0. The first-order valence-electron chi connectivity index (χ1n) is 9.27. The lowest BCUT2D eigenvalue weighted by atomic mass is 9.47. The second-order valence-electron chi connectivity index (χ2n) is 9.14. The van der Waals surface area contributed by atoms with Crippen molar-refractivity contribution in [2.75, 3.05) is 0 Å². The zero-order valence-electron chi connectivity index (χ0n) is 14.3. The zero-order chi connectivity index (χ0) is 15.7. The lowest BCUT2D eigenvalue weighted by Gasteiger charge is -2.57. The molecule has 0 radical (unpaired) electrons. The number of hydrogen-bond acceptors (Lipinski definition) is 2. The van der Waals surface area contributed by atoms with Gasteiger partial charge in [-0.05, 0) is 67.6 Å². The SMILES string of the molecule is C[C@@H]1CC(=O)[C@@]2(C)CCC3C(CC=C4CC(O)CC[C@@]43C)C12. The zero-order valence-corrected chi connectivity index (χ0v) is 14.3. The minimum absolute atomic E-state index is 0.0452. The van der Waals surface area contributed by atoms with Crippen molar-refractivity contribution in [1.82, 2.24) is 0 Å². The molecule has 22 heavy (non-hydrogen) atoms. The van der Waals surface area contributed by atoms with Gasteiger partial charge in [0.2, 0.25) is 0 Å². The Kier molecular flexibility index (Phi) is 3.18. The molecule has 0 aromatic heterocycles. The molecule has 3 fully saturated rings. The fourth-order valence-electron chi connectivity index (χ4n) is 6.92. The molecule has 7 atom stereocenters. The van der Waals surface area contributed by atoms with Crippen LogP contribution >= 0.6 is 0 Å². The normalized spacial score (nSPS) is 54.3. The maximum absolute atomic E-state index is 12.6. The van der Waals surface area contributed by atoms with Crippen molar-refractivity contribution in [2.24, 2.45) is 34.5 Å². The molecule has 4 aliphatic rings. The monoisotopic (exact) mass is 302 g/mol. The van der Waals surface area contributed by atoms with Gasteiger partial charge in [0.25, 0.3) is 0 Å². The van der Waals surface area contributed by atoms with E-state index in [2.05, 4.69) is 26.8 Å². The molecule has 0 heterocycles. The third kappa shape index (κ3) is 1.79. The van der Waals surface area contributed by atoms with Gasteiger partial charge in [0, 0.05) is 11.8 Å². The molecule has 1 N–H and O–H groups in total. The number of aliphatic hydroxyl groups is 1. The van der Waals surface area contributed by atoms with Crippen molar-refractivity contribution in [2.45, 2.75) is 71.8 Å². The first-order valence-corrected chi connectivity index (χ1v) is 9.27. The summed E-state index contributed by atoms with van der Waals surface area (Å²) in [5.41, 5.74) is 1.76. The molecule has 4 rings (SSSR count). The van der Waals surface area contributed by atoms with Gasteiger partial charge in [0.05, 0.1) is 6.10 Å². The molecule has 2 nitrogen and oxygen atoms in total. The van der Waals surface area contributed by atoms with Crippen LogP contribution in [0, 0.1) is 34.5 Å². The molecule has 3 saturated carbocycles. The van der Waals surface area contributed by atoms with Gasteiger partial charge >= 0.3 is 0 Å². The summed E-state index contributed by atoms with van der Waals surface area (Å²) >= 11 is 0. The Morgan fingerprint density at radius 1 is 1.14 bits per heavy atom. The number of Topliss-reactive ketones (excluding diaryl/α,β-unsaturated/α-hetero) is 1. The quantitative estimate of drug-likeness (QED) is 0.683. The number of allylic oxidation sites excluding steroid dienone is 1. The molecular weight excluding hydrogens is 272 g/mol. The van der Waals surface area contributed by atoms with Gasteiger partial charge in [-0.2, -0.15) is 0 Å². The predicted octanol–water partition coefficient (Wildman–Crippen LogP) is 4.13. The van der Waals surface area contributed by atoms with Gasteiger partial charge in [0.1, 0.15) is 5.78 Å². The molecule has 0 aromatic carbocycles. The largest absolute Gasteiger partial charge is 0.393 e. The maximum atomic E-state index is 12.6. The lowest BCUT2D eigenvalue weighted by molar-refractivity contribution is -0.132. The third-order valence-electron chi connectivity index (χ3n) is 8.09. The van der Waals surface area contributed by atoms with Gasteiger partial charge in [0.15, 0.2) is 0 Å². The van der Waals surface area contributed by atoms with Crippen molar-refractivity contribution in [3.05, 3.63) is 11.6 Å². The van der Waals surface area contributed by atoms with E-state index < -0.39 is 0 Å². The fourth-order valence-corrected chi connectivity index (χ4v) is 6.92. The van der Waals surface area contributed by atoms with Crippen LogP contribution in [0.5, 0.6) is 0 Å². The van der Waals surface area contributed by atoms with E-state index in [0.29, 0.717) is 23.5 Å². The number of carbonyl (C=O) groups is 1. The lowest BCUT2D eigenvalue weighted by Crippen LogP contribution is -2.51. The first-order chi connectivity index (χ1) is 10.4. The topological polar surface area (TPSA) is 37.3 Å². The van der Waals surface area contributed by atoms with Gasteiger partial charge in [-0.15, -0.1) is 0 Å². The number of carbonyl (C=O) groups excluding carboxylic acids is 1. The van der Waals surface area contributed by atoms with E-state index in [9.17, 15) is 9.90 Å². The number of hydrogen-bond donors (Lipinski definition) is 1. The van der Waals surface area contributed by atoms with E-state index >= 15 is 0 Å². The predicted molar refractivity (Wildman–Crippen MR) is 87.3 cm³/mol. The molecule has 2 heteroatoms. The molecule has 4 unspecified atom stereocenters. The van der Waals surface area contributed by atoms with Crippen LogP contribution in [0.25, 0.3) is 0 Å². The third-order valence-corrected chi connectivity index (χ3v) is 8.09. The fraction of sp³-hybridized carbons (Fsp3) is 0.850. The Morgan fingerprint density at radius 3 is 2.64 bits per heavy atom. The van der Waals surface area contributed by atoms with Gasteiger partial charge in [-0.3, -0.25) is 4.79 Å².